The summed E-state index contributed by atoms with van der Waals surface area (Å²) in [7, 11) is -3.63. The van der Waals surface area contributed by atoms with E-state index in [1.54, 1.807) is 41.3 Å². The Morgan fingerprint density at radius 1 is 0.941 bits per heavy atom. The van der Waals surface area contributed by atoms with E-state index in [0.717, 1.165) is 19.9 Å². The summed E-state index contributed by atoms with van der Waals surface area (Å²) in [6.45, 7) is 0.592. The Kier molecular flexibility index (Phi) is 6.28. The van der Waals surface area contributed by atoms with Gasteiger partial charge < -0.3 is 4.90 Å². The predicted octanol–water partition coefficient (Wildman–Crippen LogP) is 5.23. The number of aromatic nitrogens is 1. The summed E-state index contributed by atoms with van der Waals surface area (Å²) < 4.78 is 29.5. The van der Waals surface area contributed by atoms with Crippen molar-refractivity contribution in [2.45, 2.75) is 10.9 Å². The van der Waals surface area contributed by atoms with Gasteiger partial charge in [-0.25, -0.2) is 18.1 Å². The third kappa shape index (κ3) is 4.53. The van der Waals surface area contributed by atoms with Crippen LogP contribution in [0.25, 0.3) is 22.2 Å². The van der Waals surface area contributed by atoms with Crippen molar-refractivity contribution in [2.24, 2.45) is 0 Å². The molecular weight excluding hydrogens is 582 g/mol. The Bertz CT molecular complexity index is 1490. The molecule has 34 heavy (non-hydrogen) atoms. The summed E-state index contributed by atoms with van der Waals surface area (Å²) in [6, 6.07) is 23.2. The lowest BCUT2D eigenvalue weighted by Gasteiger charge is -2.39. The standard InChI is InChI=1S/C25H19Br2N3O3S/c26-17-11-20-21(13-23(16-7-3-1-4-8-16)28-24(20)22(27)12-17)25(31)30-14-18(15-30)29-34(32,33)19-9-5-2-6-10-19/h1-13,18,29H,14-15H2. The Morgan fingerprint density at radius 2 is 1.59 bits per heavy atom. The highest BCUT2D eigenvalue weighted by Crippen LogP contribution is 2.33. The molecule has 1 N–H and O–H groups in total. The number of hydrogen-bond acceptors (Lipinski definition) is 4. The van der Waals surface area contributed by atoms with Crippen molar-refractivity contribution in [3.63, 3.8) is 0 Å². The number of sulfonamides is 1. The van der Waals surface area contributed by atoms with E-state index in [0.29, 0.717) is 29.9 Å². The van der Waals surface area contributed by atoms with Crippen LogP contribution in [0.2, 0.25) is 0 Å². The number of amides is 1. The number of nitrogens with zero attached hydrogens (tertiary/aromatic N) is 2. The van der Waals surface area contributed by atoms with Crippen LogP contribution in [0.4, 0.5) is 0 Å². The van der Waals surface area contributed by atoms with Crippen LogP contribution in [-0.2, 0) is 10.0 Å². The first-order chi connectivity index (χ1) is 16.3. The second-order valence-electron chi connectivity index (χ2n) is 8.05. The number of carbonyl (C=O) groups is 1. The zero-order valence-electron chi connectivity index (χ0n) is 17.8. The number of pyridine rings is 1. The normalized spacial score (nSPS) is 14.2. The van der Waals surface area contributed by atoms with Gasteiger partial charge in [-0.2, -0.15) is 0 Å². The highest BCUT2D eigenvalue weighted by atomic mass is 79.9. The molecular formula is C25H19Br2N3O3S. The van der Waals surface area contributed by atoms with Crippen molar-refractivity contribution in [1.29, 1.82) is 0 Å². The van der Waals surface area contributed by atoms with Crippen molar-refractivity contribution in [3.8, 4) is 11.3 Å². The first-order valence-corrected chi connectivity index (χ1v) is 13.6. The molecule has 5 rings (SSSR count). The third-order valence-corrected chi connectivity index (χ3v) is 8.27. The number of rotatable bonds is 5. The van der Waals surface area contributed by atoms with Crippen LogP contribution in [0, 0.1) is 0 Å². The first kappa shape index (κ1) is 23.2. The average molecular weight is 601 g/mol. The number of benzene rings is 3. The fraction of sp³-hybridized carbons (Fsp3) is 0.120. The van der Waals surface area contributed by atoms with Crippen LogP contribution in [0.1, 0.15) is 10.4 Å². The van der Waals surface area contributed by atoms with Gasteiger partial charge in [0.25, 0.3) is 5.91 Å². The van der Waals surface area contributed by atoms with Gasteiger partial charge in [-0.1, -0.05) is 64.5 Å². The lowest BCUT2D eigenvalue weighted by Crippen LogP contribution is -2.60. The number of carbonyl (C=O) groups excluding carboxylic acids is 1. The van der Waals surface area contributed by atoms with E-state index in [1.165, 1.54) is 0 Å². The van der Waals surface area contributed by atoms with Gasteiger partial charge in [0.05, 0.1) is 27.7 Å². The molecule has 0 bridgehead atoms. The molecule has 1 saturated heterocycles. The van der Waals surface area contributed by atoms with Gasteiger partial charge in [0.15, 0.2) is 0 Å². The SMILES string of the molecule is O=C(c1cc(-c2ccccc2)nc2c(Br)cc(Br)cc12)N1CC(NS(=O)(=O)c2ccccc2)C1. The van der Waals surface area contributed by atoms with Crippen LogP contribution in [0.5, 0.6) is 0 Å². The van der Waals surface area contributed by atoms with Crippen LogP contribution < -0.4 is 4.72 Å². The fourth-order valence-corrected chi connectivity index (χ4v) is 6.52. The molecule has 1 amide bonds. The highest BCUT2D eigenvalue weighted by molar-refractivity contribution is 9.11. The van der Waals surface area contributed by atoms with Gasteiger partial charge in [-0.3, -0.25) is 4.79 Å². The Labute approximate surface area is 214 Å². The molecule has 0 radical (unpaired) electrons. The molecule has 1 aliphatic rings. The number of likely N-dealkylation sites (tertiary alicyclic amines) is 1. The summed E-state index contributed by atoms with van der Waals surface area (Å²) in [4.78, 5) is 20.2. The minimum absolute atomic E-state index is 0.162. The zero-order valence-corrected chi connectivity index (χ0v) is 21.8. The third-order valence-electron chi connectivity index (χ3n) is 5.68. The summed E-state index contributed by atoms with van der Waals surface area (Å²) >= 11 is 7.08. The van der Waals surface area contributed by atoms with Gasteiger partial charge in [0.2, 0.25) is 10.0 Å². The molecule has 4 aromatic rings. The summed E-state index contributed by atoms with van der Waals surface area (Å²) in [5, 5.41) is 0.722. The first-order valence-electron chi connectivity index (χ1n) is 10.5. The van der Waals surface area contributed by atoms with Crippen molar-refractivity contribution in [3.05, 3.63) is 93.4 Å². The molecule has 6 nitrogen and oxygen atoms in total. The smallest absolute Gasteiger partial charge is 0.254 e. The molecule has 0 atom stereocenters. The van der Waals surface area contributed by atoms with Gasteiger partial charge in [0.1, 0.15) is 0 Å². The number of nitrogens with one attached hydrogen (secondary N) is 1. The lowest BCUT2D eigenvalue weighted by atomic mass is 10.0. The quantitative estimate of drug-likeness (QED) is 0.340. The van der Waals surface area contributed by atoms with E-state index in [2.05, 4.69) is 36.6 Å². The fourth-order valence-electron chi connectivity index (χ4n) is 3.96. The molecule has 0 unspecified atom stereocenters. The predicted molar refractivity (Wildman–Crippen MR) is 139 cm³/mol. The van der Waals surface area contributed by atoms with Crippen molar-refractivity contribution < 1.29 is 13.2 Å². The molecule has 9 heteroatoms. The number of fused-ring (bicyclic) bond motifs is 1. The molecule has 2 heterocycles. The Morgan fingerprint density at radius 3 is 2.26 bits per heavy atom. The molecule has 0 aliphatic carbocycles. The van der Waals surface area contributed by atoms with Crippen molar-refractivity contribution in [2.75, 3.05) is 13.1 Å². The van der Waals surface area contributed by atoms with E-state index in [9.17, 15) is 13.2 Å². The van der Waals surface area contributed by atoms with E-state index in [4.69, 9.17) is 4.98 Å². The van der Waals surface area contributed by atoms with Crippen molar-refractivity contribution >= 4 is 58.7 Å². The second-order valence-corrected chi connectivity index (χ2v) is 11.5. The lowest BCUT2D eigenvalue weighted by molar-refractivity contribution is 0.0594. The van der Waals surface area contributed by atoms with E-state index < -0.39 is 10.0 Å². The maximum atomic E-state index is 13.5. The molecule has 3 aromatic carbocycles. The molecule has 1 aliphatic heterocycles. The molecule has 0 spiro atoms. The van der Waals surface area contributed by atoms with E-state index >= 15 is 0 Å². The maximum Gasteiger partial charge on any atom is 0.254 e. The van der Waals surface area contributed by atoms with Gasteiger partial charge >= 0.3 is 0 Å². The molecule has 172 valence electrons. The molecule has 1 aromatic heterocycles. The van der Waals surface area contributed by atoms with Crippen LogP contribution in [0.15, 0.2) is 92.7 Å². The highest BCUT2D eigenvalue weighted by Gasteiger charge is 2.35. The molecule has 1 fully saturated rings. The Hall–Kier alpha value is -2.59. The minimum Gasteiger partial charge on any atom is -0.335 e. The van der Waals surface area contributed by atoms with Crippen LogP contribution in [0.3, 0.4) is 0 Å². The average Bonchev–Trinajstić information content (AvgIpc) is 2.81. The summed E-state index contributed by atoms with van der Waals surface area (Å²) in [6.07, 6.45) is 0. The van der Waals surface area contributed by atoms with Gasteiger partial charge in [0, 0.05) is 33.0 Å². The molecule has 0 saturated carbocycles. The summed E-state index contributed by atoms with van der Waals surface area (Å²) in [5.74, 6) is -0.162. The monoisotopic (exact) mass is 599 g/mol. The van der Waals surface area contributed by atoms with Gasteiger partial charge in [-0.05, 0) is 46.3 Å². The van der Waals surface area contributed by atoms with Crippen LogP contribution >= 0.6 is 31.9 Å². The maximum absolute atomic E-state index is 13.5. The van der Waals surface area contributed by atoms with E-state index in [1.807, 2.05) is 42.5 Å². The number of halogens is 2. The zero-order chi connectivity index (χ0) is 23.9. The minimum atomic E-state index is -3.63. The van der Waals surface area contributed by atoms with E-state index in [-0.39, 0.29) is 16.8 Å². The van der Waals surface area contributed by atoms with Gasteiger partial charge in [-0.15, -0.1) is 0 Å². The topological polar surface area (TPSA) is 79.4 Å². The largest absolute Gasteiger partial charge is 0.335 e. The second kappa shape index (κ2) is 9.22. The van der Waals surface area contributed by atoms with Crippen molar-refractivity contribution in [1.82, 2.24) is 14.6 Å². The van der Waals surface area contributed by atoms with Crippen LogP contribution in [-0.4, -0.2) is 43.3 Å². The number of hydrogen-bond donors (Lipinski definition) is 1. The summed E-state index contributed by atoms with van der Waals surface area (Å²) in [5.41, 5.74) is 2.82. The Balaban J connectivity index is 1.43.